The second-order valence-electron chi connectivity index (χ2n) is 6.81. The molecule has 112 valence electrons. The maximum absolute atomic E-state index is 9.48. The third-order valence-corrected chi connectivity index (χ3v) is 4.59. The van der Waals surface area contributed by atoms with Gasteiger partial charge in [-0.1, -0.05) is 32.0 Å². The van der Waals surface area contributed by atoms with E-state index in [1.165, 1.54) is 30.3 Å². The van der Waals surface area contributed by atoms with Crippen LogP contribution in [-0.2, 0) is 6.61 Å². The molecule has 1 aromatic carbocycles. The number of aliphatic hydroxyl groups excluding tert-OH is 1. The minimum Gasteiger partial charge on any atom is -0.390 e. The molecular weight excluding hydrogens is 260 g/mol. The molecule has 0 atom stereocenters. The third kappa shape index (κ3) is 3.03. The van der Waals surface area contributed by atoms with Gasteiger partial charge >= 0.3 is 0 Å². The van der Waals surface area contributed by atoms with Gasteiger partial charge < -0.3 is 10.0 Å². The highest BCUT2D eigenvalue weighted by molar-refractivity contribution is 5.92. The molecule has 3 heteroatoms. The number of anilines is 1. The molecule has 1 saturated heterocycles. The molecule has 21 heavy (non-hydrogen) atoms. The molecule has 2 aromatic rings. The summed E-state index contributed by atoms with van der Waals surface area (Å²) in [5.41, 5.74) is 3.38. The number of benzene rings is 1. The van der Waals surface area contributed by atoms with Crippen LogP contribution in [0.4, 0.5) is 5.69 Å². The van der Waals surface area contributed by atoms with Crippen LogP contribution in [0.5, 0.6) is 0 Å². The van der Waals surface area contributed by atoms with E-state index >= 15 is 0 Å². The van der Waals surface area contributed by atoms with Crippen molar-refractivity contribution in [1.29, 1.82) is 0 Å². The van der Waals surface area contributed by atoms with Gasteiger partial charge in [-0.2, -0.15) is 0 Å². The van der Waals surface area contributed by atoms with Gasteiger partial charge in [-0.15, -0.1) is 0 Å². The van der Waals surface area contributed by atoms with Crippen molar-refractivity contribution in [1.82, 2.24) is 4.98 Å². The van der Waals surface area contributed by atoms with Crippen molar-refractivity contribution in [2.75, 3.05) is 18.0 Å². The smallest absolute Gasteiger partial charge is 0.0854 e. The molecule has 0 spiro atoms. The molecule has 2 heterocycles. The van der Waals surface area contributed by atoms with Crippen molar-refractivity contribution in [2.45, 2.75) is 39.7 Å². The van der Waals surface area contributed by atoms with Gasteiger partial charge in [0.05, 0.1) is 17.8 Å². The maximum atomic E-state index is 9.48. The number of hydrogen-bond acceptors (Lipinski definition) is 3. The van der Waals surface area contributed by atoms with Crippen molar-refractivity contribution in [3.63, 3.8) is 0 Å². The highest BCUT2D eigenvalue weighted by Crippen LogP contribution is 2.34. The number of aromatic nitrogens is 1. The van der Waals surface area contributed by atoms with E-state index in [9.17, 15) is 5.11 Å². The lowest BCUT2D eigenvalue weighted by molar-refractivity contribution is 0.277. The van der Waals surface area contributed by atoms with Crippen molar-refractivity contribution >= 4 is 16.6 Å². The Morgan fingerprint density at radius 1 is 1.19 bits per heavy atom. The van der Waals surface area contributed by atoms with Crippen LogP contribution in [0.2, 0.25) is 0 Å². The van der Waals surface area contributed by atoms with E-state index in [4.69, 9.17) is 0 Å². The molecule has 0 aliphatic carbocycles. The monoisotopic (exact) mass is 284 g/mol. The summed E-state index contributed by atoms with van der Waals surface area (Å²) in [6.07, 6.45) is 3.70. The number of fused-ring (bicyclic) bond motifs is 1. The van der Waals surface area contributed by atoms with Gasteiger partial charge in [0, 0.05) is 24.2 Å². The molecule has 0 amide bonds. The first kappa shape index (κ1) is 14.3. The van der Waals surface area contributed by atoms with E-state index in [2.05, 4.69) is 41.9 Å². The normalized spacial score (nSPS) is 18.7. The topological polar surface area (TPSA) is 36.4 Å². The Balaban J connectivity index is 2.02. The number of rotatable bonds is 2. The first-order valence-electron chi connectivity index (χ1n) is 7.83. The quantitative estimate of drug-likeness (QED) is 0.912. The van der Waals surface area contributed by atoms with E-state index in [1.807, 2.05) is 12.1 Å². The number of pyridine rings is 1. The zero-order chi connectivity index (χ0) is 14.9. The Kier molecular flexibility index (Phi) is 3.85. The average molecular weight is 284 g/mol. The van der Waals surface area contributed by atoms with E-state index in [-0.39, 0.29) is 6.61 Å². The van der Waals surface area contributed by atoms with E-state index in [0.717, 1.165) is 24.3 Å². The Hall–Kier alpha value is -1.61. The molecule has 0 radical (unpaired) electrons. The number of nitrogens with zero attached hydrogens (tertiary/aromatic N) is 2. The molecule has 1 aliphatic rings. The minimum absolute atomic E-state index is 0.00281. The average Bonchev–Trinajstić information content (AvgIpc) is 2.67. The van der Waals surface area contributed by atoms with Gasteiger partial charge in [-0.05, 0) is 36.8 Å². The Bertz CT molecular complexity index is 636. The molecular formula is C18H24N2O. The predicted octanol–water partition coefficient (Wildman–Crippen LogP) is 3.74. The molecule has 0 saturated carbocycles. The second kappa shape index (κ2) is 5.64. The summed E-state index contributed by atoms with van der Waals surface area (Å²) in [7, 11) is 0. The number of para-hydroxylation sites is 1. The fourth-order valence-corrected chi connectivity index (χ4v) is 3.22. The SMILES string of the molecule is CC1(C)CCCN(c2cc(CO)nc3ccccc23)CC1. The van der Waals surface area contributed by atoms with Crippen molar-refractivity contribution < 1.29 is 5.11 Å². The highest BCUT2D eigenvalue weighted by Gasteiger charge is 2.24. The summed E-state index contributed by atoms with van der Waals surface area (Å²) >= 11 is 0. The molecule has 3 nitrogen and oxygen atoms in total. The number of aliphatic hydroxyl groups is 1. The van der Waals surface area contributed by atoms with Crippen LogP contribution in [0, 0.1) is 5.41 Å². The molecule has 3 rings (SSSR count). The van der Waals surface area contributed by atoms with Crippen LogP contribution in [0.25, 0.3) is 10.9 Å². The fraction of sp³-hybridized carbons (Fsp3) is 0.500. The van der Waals surface area contributed by atoms with Gasteiger partial charge in [0.1, 0.15) is 0 Å². The summed E-state index contributed by atoms with van der Waals surface area (Å²) in [5, 5.41) is 10.7. The van der Waals surface area contributed by atoms with Crippen LogP contribution in [0.15, 0.2) is 30.3 Å². The zero-order valence-corrected chi connectivity index (χ0v) is 13.0. The van der Waals surface area contributed by atoms with Gasteiger partial charge in [0.15, 0.2) is 0 Å². The standard InChI is InChI=1S/C18H24N2O/c1-18(2)8-5-10-20(11-9-18)17-12-14(13-21)19-16-7-4-3-6-15(16)17/h3-4,6-7,12,21H,5,8-11,13H2,1-2H3. The van der Waals surface area contributed by atoms with Crippen molar-refractivity contribution in [3.05, 3.63) is 36.0 Å². The lowest BCUT2D eigenvalue weighted by Gasteiger charge is -2.26. The van der Waals surface area contributed by atoms with Gasteiger partial charge in [0.25, 0.3) is 0 Å². The van der Waals surface area contributed by atoms with Gasteiger partial charge in [0.2, 0.25) is 0 Å². The minimum atomic E-state index is -0.00281. The Morgan fingerprint density at radius 3 is 2.81 bits per heavy atom. The molecule has 0 unspecified atom stereocenters. The molecule has 1 aliphatic heterocycles. The summed E-state index contributed by atoms with van der Waals surface area (Å²) < 4.78 is 0. The van der Waals surface area contributed by atoms with Crippen LogP contribution in [-0.4, -0.2) is 23.2 Å². The first-order valence-corrected chi connectivity index (χ1v) is 7.83. The summed E-state index contributed by atoms with van der Waals surface area (Å²) in [5.74, 6) is 0. The zero-order valence-electron chi connectivity index (χ0n) is 13.0. The highest BCUT2D eigenvalue weighted by atomic mass is 16.3. The molecule has 1 N–H and O–H groups in total. The fourth-order valence-electron chi connectivity index (χ4n) is 3.22. The van der Waals surface area contributed by atoms with Crippen LogP contribution in [0.3, 0.4) is 0 Å². The second-order valence-corrected chi connectivity index (χ2v) is 6.81. The summed E-state index contributed by atoms with van der Waals surface area (Å²) in [6.45, 7) is 6.88. The van der Waals surface area contributed by atoms with Gasteiger partial charge in [-0.3, -0.25) is 4.98 Å². The van der Waals surface area contributed by atoms with Crippen molar-refractivity contribution in [2.24, 2.45) is 5.41 Å². The van der Waals surface area contributed by atoms with Crippen LogP contribution in [0.1, 0.15) is 38.8 Å². The number of hydrogen-bond donors (Lipinski definition) is 1. The van der Waals surface area contributed by atoms with E-state index < -0.39 is 0 Å². The lowest BCUT2D eigenvalue weighted by atomic mass is 9.85. The lowest BCUT2D eigenvalue weighted by Crippen LogP contribution is -2.25. The Labute approximate surface area is 126 Å². The summed E-state index contributed by atoms with van der Waals surface area (Å²) in [6, 6.07) is 10.3. The van der Waals surface area contributed by atoms with Crippen molar-refractivity contribution in [3.8, 4) is 0 Å². The van der Waals surface area contributed by atoms with E-state index in [0.29, 0.717) is 5.41 Å². The van der Waals surface area contributed by atoms with Crippen LogP contribution >= 0.6 is 0 Å². The van der Waals surface area contributed by atoms with Crippen LogP contribution < -0.4 is 4.90 Å². The van der Waals surface area contributed by atoms with Gasteiger partial charge in [-0.25, -0.2) is 0 Å². The maximum Gasteiger partial charge on any atom is 0.0854 e. The first-order chi connectivity index (χ1) is 10.1. The predicted molar refractivity (Wildman–Crippen MR) is 87.5 cm³/mol. The molecule has 1 aromatic heterocycles. The third-order valence-electron chi connectivity index (χ3n) is 4.59. The largest absolute Gasteiger partial charge is 0.390 e. The Morgan fingerprint density at radius 2 is 2.00 bits per heavy atom. The summed E-state index contributed by atoms with van der Waals surface area (Å²) in [4.78, 5) is 6.99. The molecule has 0 bridgehead atoms. The molecule has 1 fully saturated rings. The van der Waals surface area contributed by atoms with E-state index in [1.54, 1.807) is 0 Å².